The Labute approximate surface area is 141 Å². The van der Waals surface area contributed by atoms with Gasteiger partial charge < -0.3 is 10.2 Å². The second kappa shape index (κ2) is 5.25. The van der Waals surface area contributed by atoms with Gasteiger partial charge in [0, 0.05) is 5.92 Å². The molecule has 2 saturated carbocycles. The molecule has 1 aromatic rings. The zero-order valence-corrected chi connectivity index (χ0v) is 14.1. The molecular weight excluding hydrogens is 311 g/mol. The van der Waals surface area contributed by atoms with Crippen LogP contribution in [0.4, 0.5) is 4.39 Å². The molecule has 0 bridgehead atoms. The minimum absolute atomic E-state index is 0.120. The third-order valence-electron chi connectivity index (χ3n) is 6.66. The first-order chi connectivity index (χ1) is 10.9. The third kappa shape index (κ3) is 2.25. The zero-order valence-electron chi connectivity index (χ0n) is 13.3. The van der Waals surface area contributed by atoms with Crippen LogP contribution in [0.2, 0.25) is 0 Å². The number of fused-ring (bicyclic) bond motifs is 5. The van der Waals surface area contributed by atoms with Crippen LogP contribution in [0.3, 0.4) is 0 Å². The van der Waals surface area contributed by atoms with Gasteiger partial charge in [0.15, 0.2) is 0 Å². The number of phenolic OH excluding ortho intramolecular Hbond substituents is 1. The van der Waals surface area contributed by atoms with Crippen molar-refractivity contribution in [2.45, 2.75) is 50.8 Å². The summed E-state index contributed by atoms with van der Waals surface area (Å²) in [5.41, 5.74) is 1.95. The fourth-order valence-electron chi connectivity index (χ4n) is 5.86. The molecule has 4 rings (SSSR count). The number of alkyl halides is 1. The van der Waals surface area contributed by atoms with Crippen LogP contribution in [0.5, 0.6) is 5.75 Å². The summed E-state index contributed by atoms with van der Waals surface area (Å²) >= 11 is 5.29. The molecule has 124 valence electrons. The van der Waals surface area contributed by atoms with Gasteiger partial charge in [-0.15, -0.1) is 0 Å². The SMILES string of the molecule is C[C@@]12C[C@H](O)C[C@H]1[C@H]1[C@@H](c3ccc(O)cc3C[C@@H]1C=S)[C@@H](F)C2. The number of aliphatic hydroxyl groups is 1. The van der Waals surface area contributed by atoms with Gasteiger partial charge in [0.2, 0.25) is 0 Å². The van der Waals surface area contributed by atoms with Crippen LogP contribution < -0.4 is 0 Å². The van der Waals surface area contributed by atoms with E-state index >= 15 is 4.39 Å². The number of aromatic hydroxyl groups is 1. The van der Waals surface area contributed by atoms with Gasteiger partial charge in [0.25, 0.3) is 0 Å². The number of hydrogen-bond donors (Lipinski definition) is 2. The van der Waals surface area contributed by atoms with Crippen molar-refractivity contribution in [2.75, 3.05) is 0 Å². The zero-order chi connectivity index (χ0) is 16.4. The van der Waals surface area contributed by atoms with Crippen molar-refractivity contribution < 1.29 is 14.6 Å². The van der Waals surface area contributed by atoms with Crippen molar-refractivity contribution in [3.05, 3.63) is 29.3 Å². The van der Waals surface area contributed by atoms with Crippen molar-refractivity contribution in [1.82, 2.24) is 0 Å². The summed E-state index contributed by atoms with van der Waals surface area (Å²) in [4.78, 5) is 0. The van der Waals surface area contributed by atoms with Gasteiger partial charge in [-0.25, -0.2) is 4.39 Å². The van der Waals surface area contributed by atoms with Gasteiger partial charge in [-0.2, -0.15) is 0 Å². The Morgan fingerprint density at radius 1 is 1.35 bits per heavy atom. The third-order valence-corrected chi connectivity index (χ3v) is 7.01. The van der Waals surface area contributed by atoms with Gasteiger partial charge in [-0.05, 0) is 77.5 Å². The van der Waals surface area contributed by atoms with E-state index in [1.54, 1.807) is 17.5 Å². The molecule has 2 fully saturated rings. The Kier molecular flexibility index (Phi) is 3.54. The predicted molar refractivity (Wildman–Crippen MR) is 91.5 cm³/mol. The first-order valence-electron chi connectivity index (χ1n) is 8.52. The molecule has 3 aliphatic carbocycles. The number of thiocarbonyl (C=S) groups is 1. The average molecular weight is 334 g/mol. The van der Waals surface area contributed by atoms with E-state index in [0.717, 1.165) is 24.0 Å². The Morgan fingerprint density at radius 3 is 2.87 bits per heavy atom. The lowest BCUT2D eigenvalue weighted by atomic mass is 9.52. The number of aliphatic hydroxyl groups excluding tert-OH is 1. The topological polar surface area (TPSA) is 40.5 Å². The lowest BCUT2D eigenvalue weighted by molar-refractivity contribution is -0.00950. The molecule has 0 spiro atoms. The summed E-state index contributed by atoms with van der Waals surface area (Å²) in [6.07, 6.45) is 1.52. The van der Waals surface area contributed by atoms with E-state index in [4.69, 9.17) is 12.2 Å². The number of halogens is 1. The van der Waals surface area contributed by atoms with Crippen LogP contribution in [-0.4, -0.2) is 27.9 Å². The maximum atomic E-state index is 15.2. The Morgan fingerprint density at radius 2 is 2.13 bits per heavy atom. The van der Waals surface area contributed by atoms with E-state index in [0.29, 0.717) is 18.8 Å². The number of benzene rings is 1. The van der Waals surface area contributed by atoms with Crippen LogP contribution in [0.1, 0.15) is 43.2 Å². The highest BCUT2D eigenvalue weighted by atomic mass is 32.1. The molecule has 2 nitrogen and oxygen atoms in total. The summed E-state index contributed by atoms with van der Waals surface area (Å²) in [5, 5.41) is 21.8. The first kappa shape index (κ1) is 15.5. The Hall–Kier alpha value is -1.00. The van der Waals surface area contributed by atoms with Crippen molar-refractivity contribution >= 4 is 17.6 Å². The average Bonchev–Trinajstić information content (AvgIpc) is 2.79. The van der Waals surface area contributed by atoms with E-state index in [-0.39, 0.29) is 35.0 Å². The molecule has 0 heterocycles. The predicted octanol–water partition coefficient (Wildman–Crippen LogP) is 3.78. The lowest BCUT2D eigenvalue weighted by Gasteiger charge is -2.52. The molecule has 0 saturated heterocycles. The Balaban J connectivity index is 1.83. The van der Waals surface area contributed by atoms with Crippen molar-refractivity contribution in [3.8, 4) is 5.75 Å². The molecule has 1 aromatic carbocycles. The summed E-state index contributed by atoms with van der Waals surface area (Å²) in [6, 6.07) is 5.32. The van der Waals surface area contributed by atoms with Crippen LogP contribution in [0.15, 0.2) is 18.2 Å². The quantitative estimate of drug-likeness (QED) is 0.768. The summed E-state index contributed by atoms with van der Waals surface area (Å²) in [6.45, 7) is 2.14. The van der Waals surface area contributed by atoms with E-state index in [9.17, 15) is 10.2 Å². The highest BCUT2D eigenvalue weighted by Gasteiger charge is 2.58. The molecule has 23 heavy (non-hydrogen) atoms. The van der Waals surface area contributed by atoms with Crippen LogP contribution >= 0.6 is 12.2 Å². The number of hydrogen-bond acceptors (Lipinski definition) is 3. The van der Waals surface area contributed by atoms with Crippen LogP contribution in [0.25, 0.3) is 0 Å². The molecular formula is C19H23FO2S. The van der Waals surface area contributed by atoms with Crippen molar-refractivity contribution in [3.63, 3.8) is 0 Å². The fraction of sp³-hybridized carbons (Fsp3) is 0.632. The van der Waals surface area contributed by atoms with Crippen molar-refractivity contribution in [1.29, 1.82) is 0 Å². The van der Waals surface area contributed by atoms with Gasteiger partial charge in [-0.1, -0.05) is 25.2 Å². The molecule has 0 radical (unpaired) electrons. The minimum Gasteiger partial charge on any atom is -0.508 e. The molecule has 2 N–H and O–H groups in total. The van der Waals surface area contributed by atoms with E-state index in [2.05, 4.69) is 6.92 Å². The van der Waals surface area contributed by atoms with Gasteiger partial charge in [0.05, 0.1) is 6.10 Å². The molecule has 3 aliphatic rings. The van der Waals surface area contributed by atoms with Crippen LogP contribution in [0, 0.1) is 23.2 Å². The fourth-order valence-corrected chi connectivity index (χ4v) is 6.14. The van der Waals surface area contributed by atoms with Crippen LogP contribution in [-0.2, 0) is 6.42 Å². The molecule has 4 heteroatoms. The highest BCUT2D eigenvalue weighted by Crippen LogP contribution is 2.62. The number of rotatable bonds is 1. The second-order valence-electron chi connectivity index (χ2n) is 8.06. The minimum atomic E-state index is -0.910. The van der Waals surface area contributed by atoms with E-state index in [1.165, 1.54) is 0 Å². The molecule has 0 unspecified atom stereocenters. The lowest BCUT2D eigenvalue weighted by Crippen LogP contribution is -2.49. The summed E-state index contributed by atoms with van der Waals surface area (Å²) in [7, 11) is 0. The van der Waals surface area contributed by atoms with Gasteiger partial charge in [0.1, 0.15) is 11.9 Å². The number of phenols is 1. The maximum absolute atomic E-state index is 15.2. The summed E-state index contributed by atoms with van der Waals surface area (Å²) in [5.74, 6) is 0.693. The maximum Gasteiger partial charge on any atom is 0.115 e. The van der Waals surface area contributed by atoms with E-state index < -0.39 is 6.17 Å². The first-order valence-corrected chi connectivity index (χ1v) is 8.99. The van der Waals surface area contributed by atoms with Gasteiger partial charge in [-0.3, -0.25) is 0 Å². The standard InChI is InChI=1S/C19H23FO2S/c1-19-7-13(22)6-15(19)17-11(9-23)4-10-5-12(21)2-3-14(10)18(17)16(20)8-19/h2-3,5,9,11,13,15-18,21-22H,4,6-8H2,1H3/t11-,13-,15+,16+,17+,18+,19+/m1/s1. The van der Waals surface area contributed by atoms with Gasteiger partial charge >= 0.3 is 0 Å². The molecule has 7 atom stereocenters. The molecule has 0 aliphatic heterocycles. The highest BCUT2D eigenvalue weighted by molar-refractivity contribution is 7.79. The Bertz CT molecular complexity index is 648. The smallest absolute Gasteiger partial charge is 0.115 e. The molecule has 0 amide bonds. The summed E-state index contributed by atoms with van der Waals surface area (Å²) < 4.78 is 15.2. The normalized spacial score (nSPS) is 45.0. The largest absolute Gasteiger partial charge is 0.508 e. The van der Waals surface area contributed by atoms with E-state index in [1.807, 2.05) is 6.07 Å². The van der Waals surface area contributed by atoms with Crippen molar-refractivity contribution in [2.24, 2.45) is 23.2 Å². The molecule has 0 aromatic heterocycles. The monoisotopic (exact) mass is 334 g/mol. The second-order valence-corrected chi connectivity index (χ2v) is 8.34.